The molecule has 1 atom stereocenters. The summed E-state index contributed by atoms with van der Waals surface area (Å²) in [6, 6.07) is 3.86. The topological polar surface area (TPSA) is 103 Å². The highest BCUT2D eigenvalue weighted by atomic mass is 16.6. The number of nitrogens with one attached hydrogen (secondary N) is 1. The Balaban J connectivity index is 1.41. The largest absolute Gasteiger partial charge is 0.491 e. The van der Waals surface area contributed by atoms with Crippen molar-refractivity contribution in [2.45, 2.75) is 65.2 Å². The predicted octanol–water partition coefficient (Wildman–Crippen LogP) is 4.41. The second-order valence-electron chi connectivity index (χ2n) is 10.2. The molecule has 3 aromatic heterocycles. The lowest BCUT2D eigenvalue weighted by atomic mass is 10.1. The first-order valence-electron chi connectivity index (χ1n) is 12.5. The monoisotopic (exact) mass is 496 g/mol. The van der Waals surface area contributed by atoms with Gasteiger partial charge in [-0.25, -0.2) is 14.8 Å². The molecule has 1 N–H and O–H groups in total. The highest BCUT2D eigenvalue weighted by Gasteiger charge is 2.28. The predicted molar refractivity (Wildman–Crippen MR) is 137 cm³/mol. The second-order valence-corrected chi connectivity index (χ2v) is 10.2. The van der Waals surface area contributed by atoms with Gasteiger partial charge in [-0.15, -0.1) is 0 Å². The molecule has 194 valence electrons. The molecule has 1 fully saturated rings. The lowest BCUT2D eigenvalue weighted by molar-refractivity contribution is 0.0206. The number of hydrogen-bond acceptors (Lipinski definition) is 8. The van der Waals surface area contributed by atoms with Gasteiger partial charge in [0.2, 0.25) is 0 Å². The van der Waals surface area contributed by atoms with E-state index in [2.05, 4.69) is 15.3 Å². The summed E-state index contributed by atoms with van der Waals surface area (Å²) in [6.45, 7) is 11.9. The summed E-state index contributed by atoms with van der Waals surface area (Å²) in [7, 11) is 0. The van der Waals surface area contributed by atoms with E-state index < -0.39 is 5.60 Å². The number of carbonyl (C=O) groups excluding carboxylic acids is 1. The maximum atomic E-state index is 12.5. The number of pyridine rings is 1. The number of aromatic nitrogens is 4. The third kappa shape index (κ3) is 6.84. The highest BCUT2D eigenvalue weighted by Crippen LogP contribution is 2.23. The first-order chi connectivity index (χ1) is 17.2. The quantitative estimate of drug-likeness (QED) is 0.458. The van der Waals surface area contributed by atoms with Gasteiger partial charge in [-0.1, -0.05) is 0 Å². The SMILES string of the molecule is CC(C)OCCOc1ccn2c(-c3cncc(N[C@@H]4CCCN(C(=O)OC(C)(C)C)C4)n3)cnc2c1. The fourth-order valence-corrected chi connectivity index (χ4v) is 4.04. The number of hydrogen-bond donors (Lipinski definition) is 1. The zero-order valence-electron chi connectivity index (χ0n) is 21.7. The molecule has 0 aliphatic carbocycles. The van der Waals surface area contributed by atoms with E-state index in [1.54, 1.807) is 23.5 Å². The number of carbonyl (C=O) groups is 1. The van der Waals surface area contributed by atoms with Gasteiger partial charge < -0.3 is 24.4 Å². The van der Waals surface area contributed by atoms with Gasteiger partial charge in [0.25, 0.3) is 0 Å². The van der Waals surface area contributed by atoms with Crippen LogP contribution in [0.5, 0.6) is 5.75 Å². The zero-order valence-corrected chi connectivity index (χ0v) is 21.7. The van der Waals surface area contributed by atoms with Crippen molar-refractivity contribution < 1.29 is 19.0 Å². The van der Waals surface area contributed by atoms with Crippen LogP contribution in [0.2, 0.25) is 0 Å². The van der Waals surface area contributed by atoms with Crippen LogP contribution in [0, 0.1) is 0 Å². The molecule has 0 spiro atoms. The average Bonchev–Trinajstić information content (AvgIpc) is 3.24. The maximum absolute atomic E-state index is 12.5. The number of piperidine rings is 1. The first-order valence-corrected chi connectivity index (χ1v) is 12.5. The lowest BCUT2D eigenvalue weighted by Crippen LogP contribution is -2.47. The van der Waals surface area contributed by atoms with Gasteiger partial charge in [-0.2, -0.15) is 0 Å². The number of fused-ring (bicyclic) bond motifs is 1. The first kappa shape index (κ1) is 25.7. The fraction of sp³-hybridized carbons (Fsp3) is 0.538. The Morgan fingerprint density at radius 3 is 2.83 bits per heavy atom. The average molecular weight is 497 g/mol. The molecule has 0 unspecified atom stereocenters. The molecule has 0 saturated carbocycles. The van der Waals surface area contributed by atoms with Crippen molar-refractivity contribution in [1.82, 2.24) is 24.3 Å². The van der Waals surface area contributed by atoms with Gasteiger partial charge in [0.05, 0.1) is 37.0 Å². The lowest BCUT2D eigenvalue weighted by Gasteiger charge is -2.34. The summed E-state index contributed by atoms with van der Waals surface area (Å²) in [5.41, 5.74) is 1.77. The number of ether oxygens (including phenoxy) is 3. The van der Waals surface area contributed by atoms with Crippen LogP contribution in [0.1, 0.15) is 47.5 Å². The minimum atomic E-state index is -0.514. The van der Waals surface area contributed by atoms with E-state index in [0.29, 0.717) is 37.8 Å². The number of imidazole rings is 1. The van der Waals surface area contributed by atoms with E-state index in [1.807, 2.05) is 57.3 Å². The Labute approximate surface area is 212 Å². The minimum Gasteiger partial charge on any atom is -0.491 e. The minimum absolute atomic E-state index is 0.0670. The molecule has 1 aliphatic heterocycles. The molecule has 1 amide bonds. The van der Waals surface area contributed by atoms with Gasteiger partial charge >= 0.3 is 6.09 Å². The molecule has 3 aromatic rings. The van der Waals surface area contributed by atoms with Crippen LogP contribution >= 0.6 is 0 Å². The van der Waals surface area contributed by atoms with E-state index in [0.717, 1.165) is 29.9 Å². The van der Waals surface area contributed by atoms with Gasteiger partial charge in [0.1, 0.15) is 35.1 Å². The van der Waals surface area contributed by atoms with Crippen LogP contribution in [-0.4, -0.2) is 74.4 Å². The second kappa shape index (κ2) is 11.1. The fourth-order valence-electron chi connectivity index (χ4n) is 4.04. The Morgan fingerprint density at radius 2 is 2.06 bits per heavy atom. The molecule has 1 aliphatic rings. The van der Waals surface area contributed by atoms with Crippen molar-refractivity contribution in [3.05, 3.63) is 36.9 Å². The molecule has 4 heterocycles. The van der Waals surface area contributed by atoms with Gasteiger partial charge in [-0.05, 0) is 53.5 Å². The van der Waals surface area contributed by atoms with Crippen molar-refractivity contribution >= 4 is 17.6 Å². The molecule has 0 bridgehead atoms. The van der Waals surface area contributed by atoms with Gasteiger partial charge in [0.15, 0.2) is 0 Å². The third-order valence-corrected chi connectivity index (χ3v) is 5.61. The van der Waals surface area contributed by atoms with Crippen LogP contribution in [0.25, 0.3) is 17.0 Å². The number of rotatable bonds is 8. The Bertz CT molecular complexity index is 1170. The van der Waals surface area contributed by atoms with E-state index in [4.69, 9.17) is 19.2 Å². The van der Waals surface area contributed by atoms with Crippen molar-refractivity contribution in [3.8, 4) is 17.1 Å². The van der Waals surface area contributed by atoms with E-state index in [9.17, 15) is 4.79 Å². The van der Waals surface area contributed by atoms with E-state index >= 15 is 0 Å². The third-order valence-electron chi connectivity index (χ3n) is 5.61. The van der Waals surface area contributed by atoms with Crippen molar-refractivity contribution in [3.63, 3.8) is 0 Å². The summed E-state index contributed by atoms with van der Waals surface area (Å²) in [4.78, 5) is 27.9. The van der Waals surface area contributed by atoms with Crippen molar-refractivity contribution in [2.75, 3.05) is 31.6 Å². The van der Waals surface area contributed by atoms with Gasteiger partial charge in [-0.3, -0.25) is 9.38 Å². The molecular weight excluding hydrogens is 460 g/mol. The van der Waals surface area contributed by atoms with E-state index in [1.165, 1.54) is 0 Å². The standard InChI is InChI=1S/C26H36N6O4/c1-18(2)34-11-12-35-20-8-10-32-22(15-28-24(32)13-20)21-14-27-16-23(30-21)29-19-7-6-9-31(17-19)25(33)36-26(3,4)5/h8,10,13-16,18-19H,6-7,9,11-12,17H2,1-5H3,(H,29,30)/t19-/m1/s1. The van der Waals surface area contributed by atoms with Crippen molar-refractivity contribution in [1.29, 1.82) is 0 Å². The highest BCUT2D eigenvalue weighted by molar-refractivity contribution is 5.68. The number of nitrogens with zero attached hydrogens (tertiary/aromatic N) is 5. The Hall–Kier alpha value is -3.40. The van der Waals surface area contributed by atoms with Crippen LogP contribution < -0.4 is 10.1 Å². The molecular formula is C26H36N6O4. The summed E-state index contributed by atoms with van der Waals surface area (Å²) >= 11 is 0. The molecule has 1 saturated heterocycles. The van der Waals surface area contributed by atoms with Crippen LogP contribution in [0.4, 0.5) is 10.6 Å². The van der Waals surface area contributed by atoms with Crippen molar-refractivity contribution in [2.24, 2.45) is 0 Å². The summed E-state index contributed by atoms with van der Waals surface area (Å²) in [5.74, 6) is 1.39. The summed E-state index contributed by atoms with van der Waals surface area (Å²) in [6.07, 6.45) is 8.84. The van der Waals surface area contributed by atoms with Crippen LogP contribution in [-0.2, 0) is 9.47 Å². The number of amides is 1. The normalized spacial score (nSPS) is 16.4. The molecule has 10 heteroatoms. The molecule has 4 rings (SSSR count). The summed E-state index contributed by atoms with van der Waals surface area (Å²) in [5, 5.41) is 3.44. The molecule has 0 aromatic carbocycles. The Morgan fingerprint density at radius 1 is 1.22 bits per heavy atom. The molecule has 0 radical (unpaired) electrons. The molecule has 10 nitrogen and oxygen atoms in total. The van der Waals surface area contributed by atoms with Crippen LogP contribution in [0.3, 0.4) is 0 Å². The van der Waals surface area contributed by atoms with Gasteiger partial charge in [0, 0.05) is 31.4 Å². The van der Waals surface area contributed by atoms with E-state index in [-0.39, 0.29) is 18.2 Å². The van der Waals surface area contributed by atoms with Crippen LogP contribution in [0.15, 0.2) is 36.9 Å². The maximum Gasteiger partial charge on any atom is 0.410 e. The number of anilines is 1. The smallest absolute Gasteiger partial charge is 0.410 e. The Kier molecular flexibility index (Phi) is 7.93. The summed E-state index contributed by atoms with van der Waals surface area (Å²) < 4.78 is 18.8. The number of likely N-dealkylation sites (tertiary alicyclic amines) is 1. The zero-order chi connectivity index (χ0) is 25.7. The molecule has 36 heavy (non-hydrogen) atoms.